The van der Waals surface area contributed by atoms with Crippen molar-refractivity contribution < 1.29 is 31.9 Å². The van der Waals surface area contributed by atoms with E-state index in [4.69, 9.17) is 13.9 Å². The lowest BCUT2D eigenvalue weighted by Crippen LogP contribution is -2.16. The second-order valence-electron chi connectivity index (χ2n) is 7.10. The minimum atomic E-state index is -5.00. The fraction of sp³-hybridized carbons (Fsp3) is 0.167. The molecule has 0 saturated carbocycles. The van der Waals surface area contributed by atoms with Crippen molar-refractivity contribution in [2.45, 2.75) is 26.4 Å². The summed E-state index contributed by atoms with van der Waals surface area (Å²) < 4.78 is 56.9. The van der Waals surface area contributed by atoms with Crippen LogP contribution in [0.1, 0.15) is 25.2 Å². The van der Waals surface area contributed by atoms with Crippen molar-refractivity contribution in [3.63, 3.8) is 0 Å². The maximum absolute atomic E-state index is 13.8. The number of aryl methyl sites for hydroxylation is 1. The molecule has 0 bridgehead atoms. The van der Waals surface area contributed by atoms with Gasteiger partial charge in [0.15, 0.2) is 0 Å². The van der Waals surface area contributed by atoms with Crippen LogP contribution in [0.2, 0.25) is 0 Å². The van der Waals surface area contributed by atoms with Crippen LogP contribution >= 0.6 is 0 Å². The minimum Gasteiger partial charge on any atom is -0.449 e. The molecule has 0 amide bonds. The van der Waals surface area contributed by atoms with Gasteiger partial charge in [0.25, 0.3) is 5.76 Å². The summed E-state index contributed by atoms with van der Waals surface area (Å²) in [6.07, 6.45) is -4.62. The van der Waals surface area contributed by atoms with Gasteiger partial charge in [-0.05, 0) is 41.0 Å². The van der Waals surface area contributed by atoms with Crippen molar-refractivity contribution in [1.29, 1.82) is 0 Å². The van der Waals surface area contributed by atoms with Crippen molar-refractivity contribution in [2.75, 3.05) is 0 Å². The van der Waals surface area contributed by atoms with E-state index in [9.17, 15) is 22.8 Å². The molecule has 0 aliphatic rings. The normalized spacial score (nSPS) is 11.7. The first-order valence-electron chi connectivity index (χ1n) is 9.73. The van der Waals surface area contributed by atoms with Crippen LogP contribution in [-0.4, -0.2) is 5.97 Å². The number of fused-ring (bicyclic) bond motifs is 2. The van der Waals surface area contributed by atoms with E-state index in [0.717, 1.165) is 16.8 Å². The van der Waals surface area contributed by atoms with E-state index in [0.29, 0.717) is 12.0 Å². The van der Waals surface area contributed by atoms with Gasteiger partial charge in [-0.3, -0.25) is 9.59 Å². The Kier molecular flexibility index (Phi) is 5.38. The number of rotatable bonds is 4. The van der Waals surface area contributed by atoms with E-state index in [-0.39, 0.29) is 22.5 Å². The average Bonchev–Trinajstić information content (AvgIpc) is 2.74. The van der Waals surface area contributed by atoms with Crippen molar-refractivity contribution in [3.05, 3.63) is 76.1 Å². The molecule has 4 aromatic rings. The molecule has 1 aromatic heterocycles. The summed E-state index contributed by atoms with van der Waals surface area (Å²) in [4.78, 5) is 24.4. The van der Waals surface area contributed by atoms with Gasteiger partial charge in [0.2, 0.25) is 11.2 Å². The summed E-state index contributed by atoms with van der Waals surface area (Å²) in [5.41, 5.74) is -0.867. The van der Waals surface area contributed by atoms with Gasteiger partial charge in [0.1, 0.15) is 17.1 Å². The molecule has 0 unspecified atom stereocenters. The van der Waals surface area contributed by atoms with Crippen LogP contribution in [0.5, 0.6) is 17.2 Å². The van der Waals surface area contributed by atoms with Crippen LogP contribution < -0.4 is 14.9 Å². The molecule has 0 atom stereocenters. The summed E-state index contributed by atoms with van der Waals surface area (Å²) in [5.74, 6) is -3.07. The lowest BCUT2D eigenvalue weighted by Gasteiger charge is -2.15. The number of esters is 1. The molecular formula is C24H17F3O5. The molecule has 0 aliphatic carbocycles. The highest BCUT2D eigenvalue weighted by atomic mass is 19.4. The topological polar surface area (TPSA) is 65.7 Å². The fourth-order valence-electron chi connectivity index (χ4n) is 3.40. The summed E-state index contributed by atoms with van der Waals surface area (Å²) in [6.45, 7) is 2.92. The number of hydrogen-bond donors (Lipinski definition) is 0. The number of carbonyl (C=O) groups is 1. The Balaban J connectivity index is 1.92. The SMILES string of the molecule is CCc1cc2c(=O)c(Oc3ccc4ccccc4c3)c(C(F)(F)F)oc2cc1OC(C)=O. The summed E-state index contributed by atoms with van der Waals surface area (Å²) in [5, 5.41) is 1.50. The zero-order valence-corrected chi connectivity index (χ0v) is 17.1. The Labute approximate surface area is 180 Å². The molecule has 0 radical (unpaired) electrons. The van der Waals surface area contributed by atoms with Crippen LogP contribution in [0.3, 0.4) is 0 Å². The standard InChI is InChI=1S/C24H17F3O5/c1-3-14-11-18-20(12-19(14)30-13(2)28)32-23(24(25,26)27)22(21(18)29)31-17-9-8-15-6-4-5-7-16(15)10-17/h4-12H,3H2,1-2H3. The van der Waals surface area contributed by atoms with E-state index >= 15 is 0 Å². The molecule has 0 saturated heterocycles. The van der Waals surface area contributed by atoms with Gasteiger partial charge >= 0.3 is 12.1 Å². The number of alkyl halides is 3. The molecule has 8 heteroatoms. The highest BCUT2D eigenvalue weighted by Gasteiger charge is 2.40. The van der Waals surface area contributed by atoms with E-state index in [1.54, 1.807) is 31.2 Å². The van der Waals surface area contributed by atoms with Crippen molar-refractivity contribution in [1.82, 2.24) is 0 Å². The monoisotopic (exact) mass is 442 g/mol. The molecule has 0 N–H and O–H groups in total. The quantitative estimate of drug-likeness (QED) is 0.276. The summed E-state index contributed by atoms with van der Waals surface area (Å²) in [7, 11) is 0. The predicted molar refractivity (Wildman–Crippen MR) is 112 cm³/mol. The van der Waals surface area contributed by atoms with Gasteiger partial charge in [-0.15, -0.1) is 0 Å². The van der Waals surface area contributed by atoms with Crippen LogP contribution in [-0.2, 0) is 17.4 Å². The van der Waals surface area contributed by atoms with E-state index in [1.807, 2.05) is 12.1 Å². The van der Waals surface area contributed by atoms with E-state index in [2.05, 4.69) is 0 Å². The fourth-order valence-corrected chi connectivity index (χ4v) is 3.40. The third kappa shape index (κ3) is 4.03. The van der Waals surface area contributed by atoms with Gasteiger partial charge in [-0.25, -0.2) is 0 Å². The number of ether oxygens (including phenoxy) is 2. The van der Waals surface area contributed by atoms with Crippen LogP contribution in [0.15, 0.2) is 63.8 Å². The van der Waals surface area contributed by atoms with Crippen molar-refractivity contribution in [2.24, 2.45) is 0 Å². The molecule has 3 aromatic carbocycles. The van der Waals surface area contributed by atoms with Crippen molar-refractivity contribution in [3.8, 4) is 17.2 Å². The van der Waals surface area contributed by atoms with Crippen LogP contribution in [0.4, 0.5) is 13.2 Å². The molecule has 0 fully saturated rings. The molecule has 164 valence electrons. The zero-order valence-electron chi connectivity index (χ0n) is 17.1. The largest absolute Gasteiger partial charge is 0.453 e. The Morgan fingerprint density at radius 1 is 1.03 bits per heavy atom. The first kappa shape index (κ1) is 21.4. The summed E-state index contributed by atoms with van der Waals surface area (Å²) >= 11 is 0. The maximum Gasteiger partial charge on any atom is 0.453 e. The Morgan fingerprint density at radius 3 is 2.41 bits per heavy atom. The third-order valence-corrected chi connectivity index (χ3v) is 4.86. The Morgan fingerprint density at radius 2 is 1.75 bits per heavy atom. The van der Waals surface area contributed by atoms with Crippen LogP contribution in [0.25, 0.3) is 21.7 Å². The molecule has 5 nitrogen and oxygen atoms in total. The number of halogens is 3. The van der Waals surface area contributed by atoms with E-state index in [1.165, 1.54) is 19.1 Å². The average molecular weight is 442 g/mol. The smallest absolute Gasteiger partial charge is 0.449 e. The maximum atomic E-state index is 13.8. The molecule has 32 heavy (non-hydrogen) atoms. The highest BCUT2D eigenvalue weighted by molar-refractivity contribution is 5.84. The van der Waals surface area contributed by atoms with Gasteiger partial charge in [-0.1, -0.05) is 37.3 Å². The molecule has 0 spiro atoms. The predicted octanol–water partition coefficient (Wildman–Crippen LogP) is 6.25. The number of benzene rings is 3. The molecular weight excluding hydrogens is 425 g/mol. The summed E-state index contributed by atoms with van der Waals surface area (Å²) in [6, 6.07) is 14.4. The molecule has 0 aliphatic heterocycles. The zero-order chi connectivity index (χ0) is 23.0. The Bertz CT molecular complexity index is 1400. The third-order valence-electron chi connectivity index (χ3n) is 4.86. The number of hydrogen-bond acceptors (Lipinski definition) is 5. The van der Waals surface area contributed by atoms with Gasteiger partial charge in [0.05, 0.1) is 5.39 Å². The second-order valence-corrected chi connectivity index (χ2v) is 7.10. The second kappa shape index (κ2) is 8.03. The molecule has 1 heterocycles. The Hall–Kier alpha value is -3.81. The highest BCUT2D eigenvalue weighted by Crippen LogP contribution is 2.39. The molecule has 4 rings (SSSR count). The minimum absolute atomic E-state index is 0.0342. The first-order chi connectivity index (χ1) is 15.2. The lowest BCUT2D eigenvalue weighted by atomic mass is 10.1. The van der Waals surface area contributed by atoms with E-state index < -0.39 is 29.1 Å². The van der Waals surface area contributed by atoms with Gasteiger partial charge < -0.3 is 13.9 Å². The first-order valence-corrected chi connectivity index (χ1v) is 9.73. The van der Waals surface area contributed by atoms with Crippen LogP contribution in [0, 0.1) is 0 Å². The lowest BCUT2D eigenvalue weighted by molar-refractivity contribution is -0.154. The van der Waals surface area contributed by atoms with Gasteiger partial charge in [-0.2, -0.15) is 13.2 Å². The van der Waals surface area contributed by atoms with Gasteiger partial charge in [0, 0.05) is 13.0 Å². The number of carbonyl (C=O) groups excluding carboxylic acids is 1. The van der Waals surface area contributed by atoms with Crippen molar-refractivity contribution >= 4 is 27.7 Å².